The number of aromatic nitrogens is 1. The SMILES string of the molecule is COC(=O)c1c(-c2ccccc2)c2ccccc2c(=O)n1Cc1cc(OC)cc(OC)c1. The number of hydrogen-bond acceptors (Lipinski definition) is 5. The van der Waals surface area contributed by atoms with Gasteiger partial charge in [0.1, 0.15) is 17.2 Å². The monoisotopic (exact) mass is 429 g/mol. The maximum atomic E-state index is 13.6. The smallest absolute Gasteiger partial charge is 0.355 e. The fraction of sp³-hybridized carbons (Fsp3) is 0.154. The Hall–Kier alpha value is -4.06. The number of methoxy groups -OCH3 is 3. The Morgan fingerprint density at radius 1 is 0.812 bits per heavy atom. The fourth-order valence-electron chi connectivity index (χ4n) is 3.89. The van der Waals surface area contributed by atoms with Crippen LogP contribution in [0.5, 0.6) is 11.5 Å². The molecule has 1 aromatic heterocycles. The Morgan fingerprint density at radius 2 is 1.41 bits per heavy atom. The van der Waals surface area contributed by atoms with Crippen LogP contribution in [0, 0.1) is 0 Å². The van der Waals surface area contributed by atoms with E-state index < -0.39 is 5.97 Å². The molecular weight excluding hydrogens is 406 g/mol. The van der Waals surface area contributed by atoms with Gasteiger partial charge >= 0.3 is 5.97 Å². The van der Waals surface area contributed by atoms with E-state index in [1.165, 1.54) is 11.7 Å². The molecule has 0 spiro atoms. The number of carbonyl (C=O) groups is 1. The third-order valence-electron chi connectivity index (χ3n) is 5.37. The van der Waals surface area contributed by atoms with Crippen LogP contribution in [0.1, 0.15) is 16.1 Å². The molecule has 1 heterocycles. The highest BCUT2D eigenvalue weighted by atomic mass is 16.5. The first-order valence-corrected chi connectivity index (χ1v) is 10.1. The lowest BCUT2D eigenvalue weighted by molar-refractivity contribution is 0.0588. The lowest BCUT2D eigenvalue weighted by Gasteiger charge is -2.19. The molecule has 6 nitrogen and oxygen atoms in total. The molecule has 0 aliphatic carbocycles. The predicted octanol–water partition coefficient (Wildman–Crippen LogP) is 4.52. The van der Waals surface area contributed by atoms with Crippen molar-refractivity contribution in [2.75, 3.05) is 21.3 Å². The van der Waals surface area contributed by atoms with E-state index in [9.17, 15) is 9.59 Å². The van der Waals surface area contributed by atoms with Crippen molar-refractivity contribution in [2.24, 2.45) is 0 Å². The minimum Gasteiger partial charge on any atom is -0.497 e. The third-order valence-corrected chi connectivity index (χ3v) is 5.37. The summed E-state index contributed by atoms with van der Waals surface area (Å²) >= 11 is 0. The van der Waals surface area contributed by atoms with Gasteiger partial charge in [-0.05, 0) is 34.7 Å². The summed E-state index contributed by atoms with van der Waals surface area (Å²) < 4.78 is 17.3. The van der Waals surface area contributed by atoms with Crippen molar-refractivity contribution in [3.8, 4) is 22.6 Å². The van der Waals surface area contributed by atoms with E-state index in [2.05, 4.69) is 0 Å². The van der Waals surface area contributed by atoms with Gasteiger partial charge in [-0.1, -0.05) is 48.5 Å². The van der Waals surface area contributed by atoms with Gasteiger partial charge in [0.25, 0.3) is 5.56 Å². The Morgan fingerprint density at radius 3 is 2.00 bits per heavy atom. The van der Waals surface area contributed by atoms with Gasteiger partial charge in [-0.3, -0.25) is 9.36 Å². The molecule has 0 saturated carbocycles. The maximum absolute atomic E-state index is 13.6. The zero-order valence-electron chi connectivity index (χ0n) is 18.1. The van der Waals surface area contributed by atoms with Crippen LogP contribution in [0.2, 0.25) is 0 Å². The largest absolute Gasteiger partial charge is 0.497 e. The molecule has 0 amide bonds. The molecule has 0 N–H and O–H groups in total. The normalized spacial score (nSPS) is 10.7. The van der Waals surface area contributed by atoms with Crippen molar-refractivity contribution in [1.29, 1.82) is 0 Å². The second-order valence-corrected chi connectivity index (χ2v) is 7.24. The highest BCUT2D eigenvalue weighted by Gasteiger charge is 2.24. The summed E-state index contributed by atoms with van der Waals surface area (Å²) in [7, 11) is 4.44. The molecule has 162 valence electrons. The van der Waals surface area contributed by atoms with Gasteiger partial charge in [0.05, 0.1) is 27.9 Å². The molecular formula is C26H23NO5. The summed E-state index contributed by atoms with van der Waals surface area (Å²) in [6.07, 6.45) is 0. The molecule has 0 aliphatic heterocycles. The van der Waals surface area contributed by atoms with Crippen molar-refractivity contribution in [2.45, 2.75) is 6.54 Å². The van der Waals surface area contributed by atoms with Crippen molar-refractivity contribution in [1.82, 2.24) is 4.57 Å². The van der Waals surface area contributed by atoms with E-state index in [-0.39, 0.29) is 17.8 Å². The minimum atomic E-state index is -0.582. The molecule has 4 rings (SSSR count). The van der Waals surface area contributed by atoms with Crippen molar-refractivity contribution in [3.05, 3.63) is 94.4 Å². The van der Waals surface area contributed by atoms with Gasteiger partial charge in [-0.2, -0.15) is 0 Å². The van der Waals surface area contributed by atoms with E-state index in [0.717, 1.165) is 11.1 Å². The number of benzene rings is 3. The Bertz CT molecular complexity index is 1320. The van der Waals surface area contributed by atoms with Crippen molar-refractivity contribution >= 4 is 16.7 Å². The summed E-state index contributed by atoms with van der Waals surface area (Å²) in [5, 5.41) is 1.22. The number of rotatable bonds is 6. The van der Waals surface area contributed by atoms with Crippen LogP contribution in [0.25, 0.3) is 21.9 Å². The molecule has 0 bridgehead atoms. The topological polar surface area (TPSA) is 66.8 Å². The van der Waals surface area contributed by atoms with Gasteiger partial charge in [0, 0.05) is 17.0 Å². The highest BCUT2D eigenvalue weighted by Crippen LogP contribution is 2.32. The molecule has 0 atom stereocenters. The molecule has 32 heavy (non-hydrogen) atoms. The quantitative estimate of drug-likeness (QED) is 0.422. The van der Waals surface area contributed by atoms with E-state index in [1.807, 2.05) is 60.7 Å². The summed E-state index contributed by atoms with van der Waals surface area (Å²) in [6.45, 7) is 0.140. The highest BCUT2D eigenvalue weighted by molar-refractivity contribution is 6.06. The average molecular weight is 429 g/mol. The number of nitrogens with zero attached hydrogens (tertiary/aromatic N) is 1. The number of carbonyl (C=O) groups excluding carboxylic acids is 1. The fourth-order valence-corrected chi connectivity index (χ4v) is 3.89. The third kappa shape index (κ3) is 3.83. The first kappa shape index (κ1) is 21.2. The van der Waals surface area contributed by atoms with Crippen molar-refractivity contribution in [3.63, 3.8) is 0 Å². The molecule has 0 fully saturated rings. The standard InChI is InChI=1S/C26H23NO5/c1-30-19-13-17(14-20(15-19)31-2)16-27-24(26(29)32-3)23(18-9-5-4-6-10-18)21-11-7-8-12-22(21)25(27)28/h4-15H,16H2,1-3H3. The molecule has 0 aliphatic rings. The summed E-state index contributed by atoms with van der Waals surface area (Å²) in [5.41, 5.74) is 2.15. The second-order valence-electron chi connectivity index (χ2n) is 7.24. The zero-order chi connectivity index (χ0) is 22.7. The molecule has 0 radical (unpaired) electrons. The zero-order valence-corrected chi connectivity index (χ0v) is 18.1. The second kappa shape index (κ2) is 8.98. The van der Waals surface area contributed by atoms with Crippen LogP contribution in [0.3, 0.4) is 0 Å². The Balaban J connectivity index is 2.06. The molecule has 6 heteroatoms. The summed E-state index contributed by atoms with van der Waals surface area (Å²) in [5.74, 6) is 0.605. The van der Waals surface area contributed by atoms with Gasteiger partial charge in [0.15, 0.2) is 0 Å². The average Bonchev–Trinajstić information content (AvgIpc) is 2.85. The lowest BCUT2D eigenvalue weighted by atomic mass is 9.96. The van der Waals surface area contributed by atoms with E-state index in [4.69, 9.17) is 14.2 Å². The Labute approximate surface area is 185 Å². The molecule has 0 saturated heterocycles. The van der Waals surface area contributed by atoms with Gasteiger partial charge in [0.2, 0.25) is 0 Å². The molecule has 4 aromatic rings. The number of fused-ring (bicyclic) bond motifs is 1. The van der Waals surface area contributed by atoms with Crippen molar-refractivity contribution < 1.29 is 19.0 Å². The summed E-state index contributed by atoms with van der Waals surface area (Å²) in [4.78, 5) is 26.6. The maximum Gasteiger partial charge on any atom is 0.355 e. The summed E-state index contributed by atoms with van der Waals surface area (Å²) in [6, 6.07) is 22.2. The van der Waals surface area contributed by atoms with Crippen LogP contribution < -0.4 is 15.0 Å². The molecule has 0 unspecified atom stereocenters. The number of pyridine rings is 1. The van der Waals surface area contributed by atoms with Crippen LogP contribution in [-0.2, 0) is 11.3 Å². The van der Waals surface area contributed by atoms with Crippen LogP contribution in [-0.4, -0.2) is 31.9 Å². The van der Waals surface area contributed by atoms with Gasteiger partial charge in [-0.15, -0.1) is 0 Å². The van der Waals surface area contributed by atoms with Crippen LogP contribution in [0.15, 0.2) is 77.6 Å². The first-order chi connectivity index (χ1) is 15.6. The van der Waals surface area contributed by atoms with E-state index in [1.54, 1.807) is 26.4 Å². The predicted molar refractivity (Wildman–Crippen MR) is 124 cm³/mol. The number of hydrogen-bond donors (Lipinski definition) is 0. The van der Waals surface area contributed by atoms with E-state index >= 15 is 0 Å². The first-order valence-electron chi connectivity index (χ1n) is 10.1. The number of ether oxygens (including phenoxy) is 3. The number of esters is 1. The molecule has 3 aromatic carbocycles. The van der Waals surface area contributed by atoms with Crippen LogP contribution >= 0.6 is 0 Å². The van der Waals surface area contributed by atoms with E-state index in [0.29, 0.717) is 27.8 Å². The Kier molecular flexibility index (Phi) is 5.94. The van der Waals surface area contributed by atoms with Gasteiger partial charge in [-0.25, -0.2) is 4.79 Å². The lowest BCUT2D eigenvalue weighted by Crippen LogP contribution is -2.28. The van der Waals surface area contributed by atoms with Crippen LogP contribution in [0.4, 0.5) is 0 Å². The minimum absolute atomic E-state index is 0.140. The van der Waals surface area contributed by atoms with Gasteiger partial charge < -0.3 is 14.2 Å².